The van der Waals surface area contributed by atoms with Gasteiger partial charge >= 0.3 is 11.9 Å². The van der Waals surface area contributed by atoms with E-state index >= 15 is 0 Å². The lowest BCUT2D eigenvalue weighted by Crippen LogP contribution is -2.05. The van der Waals surface area contributed by atoms with E-state index in [1.807, 2.05) is 25.1 Å². The van der Waals surface area contributed by atoms with Gasteiger partial charge in [-0.15, -0.1) is 11.3 Å². The number of hydrogen-bond donors (Lipinski definition) is 2. The van der Waals surface area contributed by atoms with E-state index in [2.05, 4.69) is 4.98 Å². The molecule has 0 bridgehead atoms. The largest absolute Gasteiger partial charge is 0.477 e. The van der Waals surface area contributed by atoms with E-state index in [9.17, 15) is 9.59 Å². The molecule has 2 aromatic rings. The van der Waals surface area contributed by atoms with E-state index in [0.717, 1.165) is 22.5 Å². The quantitative estimate of drug-likeness (QED) is 0.888. The Morgan fingerprint density at radius 3 is 2.44 bits per heavy atom. The first-order valence-corrected chi connectivity index (χ1v) is 5.85. The predicted octanol–water partition coefficient (Wildman–Crippen LogP) is 2.51. The van der Waals surface area contributed by atoms with Crippen molar-refractivity contribution in [2.24, 2.45) is 0 Å². The van der Waals surface area contributed by atoms with Gasteiger partial charge in [0.2, 0.25) is 0 Å². The molecule has 0 atom stereocenters. The number of carboxylic acid groups (broad SMARTS) is 2. The lowest BCUT2D eigenvalue weighted by Gasteiger charge is -1.96. The highest BCUT2D eigenvalue weighted by molar-refractivity contribution is 7.17. The highest BCUT2D eigenvalue weighted by Gasteiger charge is 2.23. The van der Waals surface area contributed by atoms with Gasteiger partial charge in [-0.1, -0.05) is 23.8 Å². The van der Waals surface area contributed by atoms with E-state index in [1.165, 1.54) is 0 Å². The summed E-state index contributed by atoms with van der Waals surface area (Å²) in [4.78, 5) is 25.5. The van der Waals surface area contributed by atoms with Crippen molar-refractivity contribution in [3.05, 3.63) is 40.4 Å². The number of benzene rings is 1. The number of rotatable bonds is 3. The Labute approximate surface area is 106 Å². The maximum atomic E-state index is 10.9. The van der Waals surface area contributed by atoms with Crippen LogP contribution in [0.1, 0.15) is 25.7 Å². The summed E-state index contributed by atoms with van der Waals surface area (Å²) in [6, 6.07) is 7.31. The lowest BCUT2D eigenvalue weighted by molar-refractivity contribution is 0.0651. The van der Waals surface area contributed by atoms with Gasteiger partial charge in [0.1, 0.15) is 9.88 Å². The smallest absolute Gasteiger partial charge is 0.356 e. The van der Waals surface area contributed by atoms with Gasteiger partial charge in [0.05, 0.1) is 0 Å². The van der Waals surface area contributed by atoms with Gasteiger partial charge < -0.3 is 10.2 Å². The van der Waals surface area contributed by atoms with Gasteiger partial charge in [0.25, 0.3) is 0 Å². The summed E-state index contributed by atoms with van der Waals surface area (Å²) in [5.74, 6) is -2.61. The summed E-state index contributed by atoms with van der Waals surface area (Å²) < 4.78 is 0. The van der Waals surface area contributed by atoms with Gasteiger partial charge in [0.15, 0.2) is 5.69 Å². The summed E-state index contributed by atoms with van der Waals surface area (Å²) in [5.41, 5.74) is 1.30. The van der Waals surface area contributed by atoms with E-state index in [4.69, 9.17) is 10.2 Å². The minimum absolute atomic E-state index is 0.251. The van der Waals surface area contributed by atoms with Crippen LogP contribution in [0.4, 0.5) is 0 Å². The third-order valence-corrected chi connectivity index (χ3v) is 3.38. The molecule has 2 rings (SSSR count). The first-order valence-electron chi connectivity index (χ1n) is 5.03. The molecule has 2 N–H and O–H groups in total. The minimum Gasteiger partial charge on any atom is -0.477 e. The zero-order valence-electron chi connectivity index (χ0n) is 9.38. The van der Waals surface area contributed by atoms with Crippen LogP contribution in [0.15, 0.2) is 24.3 Å². The number of aromatic carboxylic acids is 2. The second-order valence-electron chi connectivity index (χ2n) is 3.68. The number of nitrogens with zero attached hydrogens (tertiary/aromatic N) is 1. The van der Waals surface area contributed by atoms with Crippen molar-refractivity contribution in [3.63, 3.8) is 0 Å². The van der Waals surface area contributed by atoms with Gasteiger partial charge in [-0.25, -0.2) is 14.6 Å². The fourth-order valence-electron chi connectivity index (χ4n) is 1.51. The molecule has 1 aromatic carbocycles. The van der Waals surface area contributed by atoms with Crippen LogP contribution < -0.4 is 0 Å². The van der Waals surface area contributed by atoms with Crippen LogP contribution in [-0.4, -0.2) is 27.1 Å². The van der Waals surface area contributed by atoms with Crippen LogP contribution >= 0.6 is 11.3 Å². The first kappa shape index (κ1) is 12.3. The third-order valence-electron chi connectivity index (χ3n) is 2.29. The Hall–Kier alpha value is -2.21. The Balaban J connectivity index is 2.57. The number of carboxylic acids is 2. The monoisotopic (exact) mass is 263 g/mol. The molecule has 0 saturated heterocycles. The van der Waals surface area contributed by atoms with Crippen LogP contribution in [0.25, 0.3) is 10.6 Å². The zero-order valence-corrected chi connectivity index (χ0v) is 10.2. The Kier molecular flexibility index (Phi) is 3.12. The summed E-state index contributed by atoms with van der Waals surface area (Å²) in [6.07, 6.45) is 0. The summed E-state index contributed by atoms with van der Waals surface area (Å²) in [7, 11) is 0. The molecular weight excluding hydrogens is 254 g/mol. The zero-order chi connectivity index (χ0) is 13.3. The second kappa shape index (κ2) is 4.58. The number of thiazole rings is 1. The maximum Gasteiger partial charge on any atom is 0.356 e. The molecule has 0 fully saturated rings. The van der Waals surface area contributed by atoms with Crippen molar-refractivity contribution in [2.45, 2.75) is 6.92 Å². The van der Waals surface area contributed by atoms with Crippen molar-refractivity contribution < 1.29 is 19.8 Å². The van der Waals surface area contributed by atoms with Gasteiger partial charge in [-0.3, -0.25) is 0 Å². The molecule has 0 saturated carbocycles. The molecule has 1 heterocycles. The Bertz CT molecular complexity index is 601. The van der Waals surface area contributed by atoms with Gasteiger partial charge in [-0.2, -0.15) is 0 Å². The highest BCUT2D eigenvalue weighted by atomic mass is 32.1. The number of hydrogen-bond acceptors (Lipinski definition) is 4. The number of aryl methyl sites for hydroxylation is 1. The molecule has 0 aliphatic heterocycles. The van der Waals surface area contributed by atoms with Crippen LogP contribution in [0, 0.1) is 6.92 Å². The first-order chi connectivity index (χ1) is 8.49. The highest BCUT2D eigenvalue weighted by Crippen LogP contribution is 2.28. The fourth-order valence-corrected chi connectivity index (χ4v) is 2.40. The van der Waals surface area contributed by atoms with Crippen molar-refractivity contribution in [1.29, 1.82) is 0 Å². The molecule has 0 aliphatic carbocycles. The summed E-state index contributed by atoms with van der Waals surface area (Å²) >= 11 is 0.866. The van der Waals surface area contributed by atoms with E-state index < -0.39 is 17.6 Å². The molecule has 1 aromatic heterocycles. The fraction of sp³-hybridized carbons (Fsp3) is 0.0833. The van der Waals surface area contributed by atoms with Crippen molar-refractivity contribution in [1.82, 2.24) is 4.98 Å². The summed E-state index contributed by atoms with van der Waals surface area (Å²) in [5, 5.41) is 18.2. The van der Waals surface area contributed by atoms with Crippen molar-refractivity contribution in [2.75, 3.05) is 0 Å². The van der Waals surface area contributed by atoms with Gasteiger partial charge in [0, 0.05) is 5.56 Å². The predicted molar refractivity (Wildman–Crippen MR) is 66.2 cm³/mol. The third kappa shape index (κ3) is 2.23. The van der Waals surface area contributed by atoms with Crippen LogP contribution in [0.3, 0.4) is 0 Å². The maximum absolute atomic E-state index is 10.9. The van der Waals surface area contributed by atoms with E-state index in [1.54, 1.807) is 6.07 Å². The molecule has 6 heteroatoms. The SMILES string of the molecule is Cc1cccc(-c2nc(C(=O)O)c(C(=O)O)s2)c1. The van der Waals surface area contributed by atoms with Crippen molar-refractivity contribution >= 4 is 23.3 Å². The molecule has 0 radical (unpaired) electrons. The summed E-state index contributed by atoms with van der Waals surface area (Å²) in [6.45, 7) is 1.90. The molecule has 0 spiro atoms. The molecule has 0 amide bonds. The topological polar surface area (TPSA) is 87.5 Å². The van der Waals surface area contributed by atoms with E-state index in [0.29, 0.717) is 5.01 Å². The average molecular weight is 263 g/mol. The van der Waals surface area contributed by atoms with Crippen LogP contribution in [0.5, 0.6) is 0 Å². The average Bonchev–Trinajstić information content (AvgIpc) is 2.73. The molecular formula is C12H9NO4S. The molecule has 18 heavy (non-hydrogen) atoms. The number of carbonyl (C=O) groups is 2. The molecule has 0 aliphatic rings. The van der Waals surface area contributed by atoms with Crippen LogP contribution in [0.2, 0.25) is 0 Å². The van der Waals surface area contributed by atoms with E-state index in [-0.39, 0.29) is 4.88 Å². The second-order valence-corrected chi connectivity index (χ2v) is 4.68. The standard InChI is InChI=1S/C12H9NO4S/c1-6-3-2-4-7(5-6)10-13-8(11(14)15)9(18-10)12(16)17/h2-5H,1H3,(H,14,15)(H,16,17). The number of aromatic nitrogens is 1. The Morgan fingerprint density at radius 1 is 1.22 bits per heavy atom. The minimum atomic E-state index is -1.33. The van der Waals surface area contributed by atoms with Crippen LogP contribution in [-0.2, 0) is 0 Å². The lowest BCUT2D eigenvalue weighted by atomic mass is 10.1. The van der Waals surface area contributed by atoms with Gasteiger partial charge in [-0.05, 0) is 13.0 Å². The normalized spacial score (nSPS) is 10.3. The molecule has 92 valence electrons. The molecule has 5 nitrogen and oxygen atoms in total. The van der Waals surface area contributed by atoms with Crippen molar-refractivity contribution in [3.8, 4) is 10.6 Å². The molecule has 0 unspecified atom stereocenters. The Morgan fingerprint density at radius 2 is 1.94 bits per heavy atom.